The van der Waals surface area contributed by atoms with E-state index in [4.69, 9.17) is 5.11 Å². The van der Waals surface area contributed by atoms with Gasteiger partial charge in [-0.2, -0.15) is 0 Å². The van der Waals surface area contributed by atoms with Crippen molar-refractivity contribution in [1.82, 2.24) is 5.32 Å². The van der Waals surface area contributed by atoms with E-state index in [0.29, 0.717) is 12.5 Å². The zero-order valence-electron chi connectivity index (χ0n) is 9.08. The van der Waals surface area contributed by atoms with E-state index >= 15 is 0 Å². The largest absolute Gasteiger partial charge is 0.469 e. The summed E-state index contributed by atoms with van der Waals surface area (Å²) in [6.45, 7) is 3.09. The average molecular weight is 203 g/mol. The maximum Gasteiger partial charge on any atom is 0.305 e. The molecule has 0 bridgehead atoms. The van der Waals surface area contributed by atoms with E-state index in [1.54, 1.807) is 0 Å². The van der Waals surface area contributed by atoms with Crippen LogP contribution in [0.4, 0.5) is 0 Å². The lowest BCUT2D eigenvalue weighted by Gasteiger charge is -2.14. The number of methoxy groups -OCH3 is 1. The highest BCUT2D eigenvalue weighted by molar-refractivity contribution is 5.69. The monoisotopic (exact) mass is 203 g/mol. The Balaban J connectivity index is 3.37. The molecule has 0 saturated carbocycles. The number of ether oxygens (including phenoxy) is 1. The molecule has 0 heterocycles. The molecule has 1 atom stereocenters. The summed E-state index contributed by atoms with van der Waals surface area (Å²) in [5.41, 5.74) is 0. The summed E-state index contributed by atoms with van der Waals surface area (Å²) in [6, 6.07) is 0.359. The maximum absolute atomic E-state index is 10.8. The van der Waals surface area contributed by atoms with Crippen molar-refractivity contribution in [2.24, 2.45) is 0 Å². The SMILES string of the molecule is CCC(CCO)NCCCC(=O)OC. The van der Waals surface area contributed by atoms with Crippen LogP contribution in [0.1, 0.15) is 32.6 Å². The van der Waals surface area contributed by atoms with Gasteiger partial charge in [0.05, 0.1) is 7.11 Å². The van der Waals surface area contributed by atoms with E-state index < -0.39 is 0 Å². The highest BCUT2D eigenvalue weighted by Gasteiger charge is 2.04. The van der Waals surface area contributed by atoms with Crippen LogP contribution in [-0.4, -0.2) is 37.4 Å². The molecule has 0 aromatic rings. The van der Waals surface area contributed by atoms with Crippen molar-refractivity contribution >= 4 is 5.97 Å². The van der Waals surface area contributed by atoms with Crippen LogP contribution in [0.5, 0.6) is 0 Å². The van der Waals surface area contributed by atoms with Crippen molar-refractivity contribution in [2.45, 2.75) is 38.6 Å². The van der Waals surface area contributed by atoms with Crippen LogP contribution in [0.2, 0.25) is 0 Å². The van der Waals surface area contributed by atoms with Crippen LogP contribution in [0.25, 0.3) is 0 Å². The molecule has 0 aliphatic rings. The van der Waals surface area contributed by atoms with Crippen LogP contribution in [0, 0.1) is 0 Å². The van der Waals surface area contributed by atoms with Crippen LogP contribution in [-0.2, 0) is 9.53 Å². The summed E-state index contributed by atoms with van der Waals surface area (Å²) in [5, 5.41) is 12.0. The molecule has 0 spiro atoms. The van der Waals surface area contributed by atoms with Crippen molar-refractivity contribution < 1.29 is 14.6 Å². The van der Waals surface area contributed by atoms with Crippen molar-refractivity contribution in [3.63, 3.8) is 0 Å². The smallest absolute Gasteiger partial charge is 0.305 e. The second-order valence-corrected chi connectivity index (χ2v) is 3.25. The summed E-state index contributed by atoms with van der Waals surface area (Å²) < 4.78 is 4.52. The fraction of sp³-hybridized carbons (Fsp3) is 0.900. The minimum atomic E-state index is -0.165. The van der Waals surface area contributed by atoms with Crippen LogP contribution < -0.4 is 5.32 Å². The van der Waals surface area contributed by atoms with Gasteiger partial charge in [-0.25, -0.2) is 0 Å². The van der Waals surface area contributed by atoms with Gasteiger partial charge in [0, 0.05) is 19.1 Å². The van der Waals surface area contributed by atoms with Crippen LogP contribution >= 0.6 is 0 Å². The molecule has 0 saturated heterocycles. The zero-order chi connectivity index (χ0) is 10.8. The number of hydrogen-bond acceptors (Lipinski definition) is 4. The van der Waals surface area contributed by atoms with Crippen LogP contribution in [0.15, 0.2) is 0 Å². The van der Waals surface area contributed by atoms with E-state index in [1.807, 2.05) is 0 Å². The number of carbonyl (C=O) groups excluding carboxylic acids is 1. The first-order valence-corrected chi connectivity index (χ1v) is 5.15. The third kappa shape index (κ3) is 6.86. The number of nitrogens with one attached hydrogen (secondary N) is 1. The predicted octanol–water partition coefficient (Wildman–Crippen LogP) is 0.690. The van der Waals surface area contributed by atoms with Crippen molar-refractivity contribution in [2.75, 3.05) is 20.3 Å². The van der Waals surface area contributed by atoms with E-state index in [2.05, 4.69) is 17.0 Å². The second-order valence-electron chi connectivity index (χ2n) is 3.25. The van der Waals surface area contributed by atoms with E-state index in [-0.39, 0.29) is 12.6 Å². The number of esters is 1. The third-order valence-corrected chi connectivity index (χ3v) is 2.19. The Kier molecular flexibility index (Phi) is 8.57. The van der Waals surface area contributed by atoms with Gasteiger partial charge in [0.1, 0.15) is 0 Å². The molecule has 0 radical (unpaired) electrons. The number of aliphatic hydroxyl groups is 1. The molecule has 1 unspecified atom stereocenters. The maximum atomic E-state index is 10.8. The van der Waals surface area contributed by atoms with Crippen LogP contribution in [0.3, 0.4) is 0 Å². The van der Waals surface area contributed by atoms with Gasteiger partial charge >= 0.3 is 5.97 Å². The van der Waals surface area contributed by atoms with Crippen molar-refractivity contribution in [3.05, 3.63) is 0 Å². The summed E-state index contributed by atoms with van der Waals surface area (Å²) in [7, 11) is 1.40. The van der Waals surface area contributed by atoms with Gasteiger partial charge in [0.2, 0.25) is 0 Å². The van der Waals surface area contributed by atoms with Crippen molar-refractivity contribution in [1.29, 1.82) is 0 Å². The molecular weight excluding hydrogens is 182 g/mol. The topological polar surface area (TPSA) is 58.6 Å². The highest BCUT2D eigenvalue weighted by atomic mass is 16.5. The lowest BCUT2D eigenvalue weighted by atomic mass is 10.1. The molecule has 2 N–H and O–H groups in total. The molecular formula is C10H21NO3. The van der Waals surface area contributed by atoms with Gasteiger partial charge < -0.3 is 15.2 Å². The molecule has 0 rings (SSSR count). The number of carbonyl (C=O) groups is 1. The molecule has 84 valence electrons. The van der Waals surface area contributed by atoms with E-state index in [1.165, 1.54) is 7.11 Å². The Hall–Kier alpha value is -0.610. The summed E-state index contributed by atoms with van der Waals surface area (Å²) in [6.07, 6.45) is 3.02. The molecule has 0 aliphatic carbocycles. The molecule has 0 amide bonds. The molecule has 0 aromatic carbocycles. The summed E-state index contributed by atoms with van der Waals surface area (Å²) in [5.74, 6) is -0.165. The quantitative estimate of drug-likeness (QED) is 0.450. The Morgan fingerprint density at radius 1 is 1.57 bits per heavy atom. The fourth-order valence-electron chi connectivity index (χ4n) is 1.25. The molecule has 0 aliphatic heterocycles. The molecule has 0 aromatic heterocycles. The summed E-state index contributed by atoms with van der Waals surface area (Å²) in [4.78, 5) is 10.8. The first kappa shape index (κ1) is 13.4. The van der Waals surface area contributed by atoms with Gasteiger partial charge in [-0.05, 0) is 25.8 Å². The van der Waals surface area contributed by atoms with Gasteiger partial charge in [-0.15, -0.1) is 0 Å². The Labute approximate surface area is 85.6 Å². The van der Waals surface area contributed by atoms with Gasteiger partial charge in [0.15, 0.2) is 0 Å². The highest BCUT2D eigenvalue weighted by Crippen LogP contribution is 1.97. The third-order valence-electron chi connectivity index (χ3n) is 2.19. The standard InChI is InChI=1S/C10H21NO3/c1-3-9(6-8-12)11-7-4-5-10(13)14-2/h9,11-12H,3-8H2,1-2H3. The Morgan fingerprint density at radius 3 is 2.79 bits per heavy atom. The van der Waals surface area contributed by atoms with Gasteiger partial charge in [-0.3, -0.25) is 4.79 Å². The van der Waals surface area contributed by atoms with Gasteiger partial charge in [-0.1, -0.05) is 6.92 Å². The lowest BCUT2D eigenvalue weighted by Crippen LogP contribution is -2.30. The Bertz CT molecular complexity index is 150. The first-order valence-electron chi connectivity index (χ1n) is 5.15. The van der Waals surface area contributed by atoms with Crippen molar-refractivity contribution in [3.8, 4) is 0 Å². The predicted molar refractivity (Wildman–Crippen MR) is 55.0 cm³/mol. The molecule has 4 heteroatoms. The number of aliphatic hydroxyl groups excluding tert-OH is 1. The second kappa shape index (κ2) is 8.97. The molecule has 14 heavy (non-hydrogen) atoms. The first-order chi connectivity index (χ1) is 6.74. The van der Waals surface area contributed by atoms with E-state index in [9.17, 15) is 4.79 Å². The minimum absolute atomic E-state index is 0.165. The fourth-order valence-corrected chi connectivity index (χ4v) is 1.25. The minimum Gasteiger partial charge on any atom is -0.469 e. The number of hydrogen-bond donors (Lipinski definition) is 2. The Morgan fingerprint density at radius 2 is 2.29 bits per heavy atom. The lowest BCUT2D eigenvalue weighted by molar-refractivity contribution is -0.140. The number of rotatable bonds is 8. The van der Waals surface area contributed by atoms with Gasteiger partial charge in [0.25, 0.3) is 0 Å². The normalized spacial score (nSPS) is 12.5. The zero-order valence-corrected chi connectivity index (χ0v) is 9.08. The summed E-state index contributed by atoms with van der Waals surface area (Å²) >= 11 is 0. The average Bonchev–Trinajstić information content (AvgIpc) is 2.22. The van der Waals surface area contributed by atoms with E-state index in [0.717, 1.165) is 25.8 Å². The molecule has 0 fully saturated rings. The molecule has 4 nitrogen and oxygen atoms in total.